The zero-order chi connectivity index (χ0) is 12.6. The van der Waals surface area contributed by atoms with Crippen LogP contribution in [0.3, 0.4) is 0 Å². The highest BCUT2D eigenvalue weighted by Crippen LogP contribution is 2.41. The van der Waals surface area contributed by atoms with Crippen molar-refractivity contribution in [1.82, 2.24) is 0 Å². The predicted molar refractivity (Wildman–Crippen MR) is 62.7 cm³/mol. The Balaban J connectivity index is 2.48. The van der Waals surface area contributed by atoms with E-state index in [1.807, 2.05) is 26.0 Å². The summed E-state index contributed by atoms with van der Waals surface area (Å²) in [6.07, 6.45) is 0.370. The van der Waals surface area contributed by atoms with E-state index >= 15 is 0 Å². The van der Waals surface area contributed by atoms with Gasteiger partial charge in [0, 0.05) is 0 Å². The number of rotatable bonds is 2. The monoisotopic (exact) mass is 236 g/mol. The standard InChI is InChI=1S/C13H16O4/c1-4-13(12(14)15)7-16-10-8(2)5-6-9(3)11(10)17-13/h5-6H,4,7H2,1-3H3,(H,14,15)/t13-/m1/s1. The second-order valence-electron chi connectivity index (χ2n) is 4.40. The average Bonchev–Trinajstić information content (AvgIpc) is 2.33. The van der Waals surface area contributed by atoms with Gasteiger partial charge in [0.05, 0.1) is 0 Å². The first-order valence-electron chi connectivity index (χ1n) is 5.65. The lowest BCUT2D eigenvalue weighted by molar-refractivity contribution is -0.161. The minimum atomic E-state index is -1.26. The summed E-state index contributed by atoms with van der Waals surface area (Å²) < 4.78 is 11.3. The first-order chi connectivity index (χ1) is 8.00. The maximum absolute atomic E-state index is 11.3. The Morgan fingerprint density at radius 2 is 1.94 bits per heavy atom. The number of carbonyl (C=O) groups is 1. The number of carboxylic acid groups (broad SMARTS) is 1. The van der Waals surface area contributed by atoms with Crippen LogP contribution in [0.1, 0.15) is 24.5 Å². The lowest BCUT2D eigenvalue weighted by atomic mass is 9.99. The molecule has 0 fully saturated rings. The first kappa shape index (κ1) is 11.8. The highest BCUT2D eigenvalue weighted by Gasteiger charge is 2.44. The number of aryl methyl sites for hydroxylation is 2. The van der Waals surface area contributed by atoms with E-state index < -0.39 is 11.6 Å². The molecular formula is C13H16O4. The fraction of sp³-hybridized carbons (Fsp3) is 0.462. The molecule has 0 saturated heterocycles. The van der Waals surface area contributed by atoms with Crippen LogP contribution in [-0.4, -0.2) is 23.3 Å². The molecule has 4 heteroatoms. The minimum Gasteiger partial charge on any atom is -0.485 e. The zero-order valence-corrected chi connectivity index (χ0v) is 10.2. The first-order valence-corrected chi connectivity index (χ1v) is 5.65. The molecule has 0 amide bonds. The largest absolute Gasteiger partial charge is 0.485 e. The van der Waals surface area contributed by atoms with Crippen LogP contribution in [0.15, 0.2) is 12.1 Å². The molecule has 1 aromatic carbocycles. The van der Waals surface area contributed by atoms with E-state index in [1.54, 1.807) is 6.92 Å². The number of aliphatic carboxylic acids is 1. The van der Waals surface area contributed by atoms with Gasteiger partial charge in [-0.05, 0) is 31.4 Å². The van der Waals surface area contributed by atoms with Crippen molar-refractivity contribution in [2.24, 2.45) is 0 Å². The van der Waals surface area contributed by atoms with E-state index in [9.17, 15) is 9.90 Å². The van der Waals surface area contributed by atoms with E-state index in [4.69, 9.17) is 9.47 Å². The van der Waals surface area contributed by atoms with Gasteiger partial charge in [0.2, 0.25) is 5.60 Å². The summed E-state index contributed by atoms with van der Waals surface area (Å²) in [4.78, 5) is 11.3. The van der Waals surface area contributed by atoms with Crippen molar-refractivity contribution in [1.29, 1.82) is 0 Å². The fourth-order valence-electron chi connectivity index (χ4n) is 1.91. The molecule has 1 heterocycles. The van der Waals surface area contributed by atoms with Crippen LogP contribution in [0.25, 0.3) is 0 Å². The molecule has 1 atom stereocenters. The lowest BCUT2D eigenvalue weighted by Crippen LogP contribution is -2.51. The van der Waals surface area contributed by atoms with Crippen molar-refractivity contribution >= 4 is 5.97 Å². The van der Waals surface area contributed by atoms with Crippen molar-refractivity contribution in [3.63, 3.8) is 0 Å². The van der Waals surface area contributed by atoms with Crippen molar-refractivity contribution in [2.75, 3.05) is 6.61 Å². The van der Waals surface area contributed by atoms with Gasteiger partial charge in [0.15, 0.2) is 11.5 Å². The van der Waals surface area contributed by atoms with Gasteiger partial charge in [-0.3, -0.25) is 0 Å². The second kappa shape index (κ2) is 3.95. The van der Waals surface area contributed by atoms with Gasteiger partial charge in [-0.1, -0.05) is 19.1 Å². The van der Waals surface area contributed by atoms with Crippen molar-refractivity contribution in [3.05, 3.63) is 23.3 Å². The van der Waals surface area contributed by atoms with Crippen molar-refractivity contribution in [3.8, 4) is 11.5 Å². The third-order valence-corrected chi connectivity index (χ3v) is 3.21. The summed E-state index contributed by atoms with van der Waals surface area (Å²) >= 11 is 0. The molecule has 0 bridgehead atoms. The second-order valence-corrected chi connectivity index (χ2v) is 4.40. The van der Waals surface area contributed by atoms with Gasteiger partial charge in [0.25, 0.3) is 0 Å². The van der Waals surface area contributed by atoms with Gasteiger partial charge in [-0.15, -0.1) is 0 Å². The molecule has 17 heavy (non-hydrogen) atoms. The molecule has 0 unspecified atom stereocenters. The van der Waals surface area contributed by atoms with E-state index in [1.165, 1.54) is 0 Å². The Morgan fingerprint density at radius 3 is 2.47 bits per heavy atom. The number of hydrogen-bond acceptors (Lipinski definition) is 3. The summed E-state index contributed by atoms with van der Waals surface area (Å²) in [6.45, 7) is 5.64. The maximum atomic E-state index is 11.3. The number of fused-ring (bicyclic) bond motifs is 1. The Hall–Kier alpha value is -1.71. The van der Waals surface area contributed by atoms with Gasteiger partial charge < -0.3 is 14.6 Å². The maximum Gasteiger partial charge on any atom is 0.351 e. The molecule has 1 aliphatic heterocycles. The van der Waals surface area contributed by atoms with E-state index in [-0.39, 0.29) is 6.61 Å². The van der Waals surface area contributed by atoms with E-state index in [0.29, 0.717) is 17.9 Å². The summed E-state index contributed by atoms with van der Waals surface area (Å²) in [5.74, 6) is 0.238. The van der Waals surface area contributed by atoms with Crippen LogP contribution >= 0.6 is 0 Å². The smallest absolute Gasteiger partial charge is 0.351 e. The minimum absolute atomic E-state index is 0.0517. The summed E-state index contributed by atoms with van der Waals surface area (Å²) in [5, 5.41) is 9.27. The molecular weight excluding hydrogens is 220 g/mol. The van der Waals surface area contributed by atoms with Crippen molar-refractivity contribution in [2.45, 2.75) is 32.8 Å². The summed E-state index contributed by atoms with van der Waals surface area (Å²) in [5.41, 5.74) is 0.594. The van der Waals surface area contributed by atoms with Crippen LogP contribution in [0.2, 0.25) is 0 Å². The molecule has 0 radical (unpaired) electrons. The number of hydrogen-bond donors (Lipinski definition) is 1. The van der Waals surface area contributed by atoms with Crippen LogP contribution < -0.4 is 9.47 Å². The third kappa shape index (κ3) is 1.73. The molecule has 92 valence electrons. The summed E-state index contributed by atoms with van der Waals surface area (Å²) in [6, 6.07) is 3.85. The number of benzene rings is 1. The number of ether oxygens (including phenoxy) is 2. The molecule has 1 N–H and O–H groups in total. The van der Waals surface area contributed by atoms with E-state index in [2.05, 4.69) is 0 Å². The SMILES string of the molecule is CC[C@]1(C(=O)O)COc2c(C)ccc(C)c2O1. The molecule has 4 nitrogen and oxygen atoms in total. The molecule has 0 saturated carbocycles. The molecule has 0 spiro atoms. The molecule has 1 aromatic rings. The van der Waals surface area contributed by atoms with Gasteiger partial charge in [0.1, 0.15) is 6.61 Å². The van der Waals surface area contributed by atoms with Gasteiger partial charge in [-0.2, -0.15) is 0 Å². The zero-order valence-electron chi connectivity index (χ0n) is 10.2. The molecule has 1 aliphatic rings. The highest BCUT2D eigenvalue weighted by molar-refractivity contribution is 5.79. The van der Waals surface area contributed by atoms with Crippen LogP contribution in [0.5, 0.6) is 11.5 Å². The average molecular weight is 236 g/mol. The van der Waals surface area contributed by atoms with Crippen LogP contribution in [-0.2, 0) is 4.79 Å². The van der Waals surface area contributed by atoms with Gasteiger partial charge in [-0.25, -0.2) is 4.79 Å². The summed E-state index contributed by atoms with van der Waals surface area (Å²) in [7, 11) is 0. The lowest BCUT2D eigenvalue weighted by Gasteiger charge is -2.35. The van der Waals surface area contributed by atoms with Crippen LogP contribution in [0, 0.1) is 13.8 Å². The van der Waals surface area contributed by atoms with Crippen LogP contribution in [0.4, 0.5) is 0 Å². The molecule has 0 aliphatic carbocycles. The Labute approximate surface area is 100 Å². The Kier molecular flexibility index (Phi) is 2.73. The normalized spacial score (nSPS) is 22.3. The third-order valence-electron chi connectivity index (χ3n) is 3.21. The molecule has 0 aromatic heterocycles. The predicted octanol–water partition coefficient (Wildman–Crippen LogP) is 2.31. The highest BCUT2D eigenvalue weighted by atomic mass is 16.6. The van der Waals surface area contributed by atoms with Gasteiger partial charge >= 0.3 is 5.97 Å². The van der Waals surface area contributed by atoms with Crippen molar-refractivity contribution < 1.29 is 19.4 Å². The fourth-order valence-corrected chi connectivity index (χ4v) is 1.91. The topological polar surface area (TPSA) is 55.8 Å². The van der Waals surface area contributed by atoms with E-state index in [0.717, 1.165) is 11.1 Å². The Bertz CT molecular complexity index is 467. The molecule has 2 rings (SSSR count). The number of carboxylic acids is 1. The Morgan fingerprint density at radius 1 is 1.35 bits per heavy atom. The quantitative estimate of drug-likeness (QED) is 0.856.